The third kappa shape index (κ3) is 2.29. The molecule has 0 spiro atoms. The lowest BCUT2D eigenvalue weighted by Crippen LogP contribution is -2.39. The molecule has 1 heterocycles. The van der Waals surface area contributed by atoms with E-state index in [2.05, 4.69) is 4.99 Å². The number of aryl methyl sites for hydroxylation is 2. The van der Waals surface area contributed by atoms with Crippen molar-refractivity contribution in [3.05, 3.63) is 64.7 Å². The summed E-state index contributed by atoms with van der Waals surface area (Å²) >= 11 is 12.7. The number of carbonyl (C=O) groups excluding carboxylic acids is 1. The molecule has 0 N–H and O–H groups in total. The molecule has 3 rings (SSSR count). The Kier molecular flexibility index (Phi) is 3.39. The van der Waals surface area contributed by atoms with Crippen LogP contribution in [-0.4, -0.2) is 15.8 Å². The van der Waals surface area contributed by atoms with Gasteiger partial charge in [-0.25, -0.2) is 4.99 Å². The lowest BCUT2D eigenvalue weighted by molar-refractivity contribution is 0.0991. The van der Waals surface area contributed by atoms with Gasteiger partial charge in [0.15, 0.2) is 0 Å². The van der Waals surface area contributed by atoms with Gasteiger partial charge in [0, 0.05) is 5.56 Å². The summed E-state index contributed by atoms with van der Waals surface area (Å²) in [5, 5.41) is 0. The second-order valence-electron chi connectivity index (χ2n) is 5.21. The van der Waals surface area contributed by atoms with Crippen LogP contribution in [0.15, 0.2) is 47.5 Å². The van der Waals surface area contributed by atoms with Crippen molar-refractivity contribution in [3.8, 4) is 0 Å². The number of aliphatic imine (C=N–C) groups is 1. The highest BCUT2D eigenvalue weighted by Gasteiger charge is 2.45. The van der Waals surface area contributed by atoms with Crippen LogP contribution in [0.5, 0.6) is 0 Å². The number of carbonyl (C=O) groups is 1. The summed E-state index contributed by atoms with van der Waals surface area (Å²) in [5.41, 5.74) is 4.20. The zero-order chi connectivity index (χ0) is 15.2. The molecule has 0 fully saturated rings. The van der Waals surface area contributed by atoms with Gasteiger partial charge in [-0.3, -0.25) is 4.79 Å². The van der Waals surface area contributed by atoms with Gasteiger partial charge in [-0.2, -0.15) is 0 Å². The molecule has 1 aliphatic rings. The Morgan fingerprint density at radius 2 is 1.71 bits per heavy atom. The summed E-state index contributed by atoms with van der Waals surface area (Å²) in [5.74, 6) is -0.318. The van der Waals surface area contributed by atoms with E-state index >= 15 is 0 Å². The molecule has 4 heteroatoms. The van der Waals surface area contributed by atoms with Crippen LogP contribution in [-0.2, 0) is 0 Å². The maximum Gasteiger partial charge on any atom is 0.222 e. The highest BCUT2D eigenvalue weighted by atomic mass is 35.5. The zero-order valence-electron chi connectivity index (χ0n) is 11.7. The predicted molar refractivity (Wildman–Crippen MR) is 87.3 cm³/mol. The highest BCUT2D eigenvalue weighted by molar-refractivity contribution is 6.72. The Morgan fingerprint density at radius 1 is 1.05 bits per heavy atom. The summed E-state index contributed by atoms with van der Waals surface area (Å²) in [6.07, 6.45) is 0. The maximum atomic E-state index is 12.7. The van der Waals surface area contributed by atoms with E-state index in [1.165, 1.54) is 0 Å². The second-order valence-corrected chi connectivity index (χ2v) is 6.54. The van der Waals surface area contributed by atoms with Crippen LogP contribution in [0.2, 0.25) is 0 Å². The maximum absolute atomic E-state index is 12.7. The molecule has 2 aromatic rings. The minimum absolute atomic E-state index is 0.318. The number of fused-ring (bicyclic) bond motifs is 1. The third-order valence-corrected chi connectivity index (χ3v) is 4.24. The Hall–Kier alpha value is -1.64. The number of benzene rings is 2. The van der Waals surface area contributed by atoms with Crippen molar-refractivity contribution < 1.29 is 4.79 Å². The number of Topliss-reactive ketones (excluding diaryl/α,β-unsaturated/α-hetero) is 1. The van der Waals surface area contributed by atoms with Crippen LogP contribution in [0.1, 0.15) is 27.0 Å². The summed E-state index contributed by atoms with van der Waals surface area (Å²) < 4.78 is -1.66. The first kappa shape index (κ1) is 14.3. The monoisotopic (exact) mass is 317 g/mol. The van der Waals surface area contributed by atoms with E-state index in [-0.39, 0.29) is 5.78 Å². The Bertz CT molecular complexity index is 764. The van der Waals surface area contributed by atoms with Gasteiger partial charge in [0.2, 0.25) is 10.1 Å². The SMILES string of the molecule is Cc1cc(C)c2c(c1)C(=O)C(Cl)(Cl)C(c1ccccc1)=N2. The lowest BCUT2D eigenvalue weighted by atomic mass is 9.92. The van der Waals surface area contributed by atoms with Gasteiger partial charge >= 0.3 is 0 Å². The minimum Gasteiger partial charge on any atom is -0.290 e. The van der Waals surface area contributed by atoms with Gasteiger partial charge < -0.3 is 0 Å². The standard InChI is InChI=1S/C17H13Cl2NO/c1-10-8-11(2)14-13(9-10)16(21)17(18,19)15(20-14)12-6-4-3-5-7-12/h3-9H,1-2H3. The number of rotatable bonds is 1. The largest absolute Gasteiger partial charge is 0.290 e. The molecule has 0 unspecified atom stereocenters. The fourth-order valence-corrected chi connectivity index (χ4v) is 3.09. The normalized spacial score (nSPS) is 16.4. The number of ketones is 1. The molecule has 21 heavy (non-hydrogen) atoms. The van der Waals surface area contributed by atoms with E-state index in [9.17, 15) is 4.79 Å². The molecule has 0 saturated heterocycles. The van der Waals surface area contributed by atoms with Gasteiger partial charge in [0.1, 0.15) is 0 Å². The number of hydrogen-bond donors (Lipinski definition) is 0. The Morgan fingerprint density at radius 3 is 2.38 bits per heavy atom. The van der Waals surface area contributed by atoms with Crippen molar-refractivity contribution in [2.45, 2.75) is 18.2 Å². The topological polar surface area (TPSA) is 29.4 Å². The van der Waals surface area contributed by atoms with Crippen molar-refractivity contribution in [1.82, 2.24) is 0 Å². The third-order valence-electron chi connectivity index (χ3n) is 3.54. The molecular formula is C17H13Cl2NO. The average Bonchev–Trinajstić information content (AvgIpc) is 2.44. The van der Waals surface area contributed by atoms with Crippen LogP contribution in [0.3, 0.4) is 0 Å². The van der Waals surface area contributed by atoms with E-state index in [1.807, 2.05) is 50.2 Å². The van der Waals surface area contributed by atoms with Crippen LogP contribution in [0.25, 0.3) is 0 Å². The molecule has 0 radical (unpaired) electrons. The summed E-state index contributed by atoms with van der Waals surface area (Å²) in [7, 11) is 0. The molecule has 0 bridgehead atoms. The van der Waals surface area contributed by atoms with E-state index in [1.54, 1.807) is 6.07 Å². The predicted octanol–water partition coefficient (Wildman–Crippen LogP) is 4.79. The molecule has 0 aliphatic carbocycles. The van der Waals surface area contributed by atoms with Crippen molar-refractivity contribution >= 4 is 40.4 Å². The first-order valence-corrected chi connectivity index (χ1v) is 7.35. The van der Waals surface area contributed by atoms with Gasteiger partial charge in [0.05, 0.1) is 11.4 Å². The smallest absolute Gasteiger partial charge is 0.222 e. The van der Waals surface area contributed by atoms with Crippen molar-refractivity contribution in [1.29, 1.82) is 0 Å². The quantitative estimate of drug-likeness (QED) is 0.695. The van der Waals surface area contributed by atoms with Crippen molar-refractivity contribution in [2.75, 3.05) is 0 Å². The van der Waals surface area contributed by atoms with Gasteiger partial charge in [-0.1, -0.05) is 59.6 Å². The molecule has 0 aromatic heterocycles. The fraction of sp³-hybridized carbons (Fsp3) is 0.176. The van der Waals surface area contributed by atoms with Gasteiger partial charge in [-0.05, 0) is 36.6 Å². The molecule has 2 aromatic carbocycles. The van der Waals surface area contributed by atoms with Crippen molar-refractivity contribution in [3.63, 3.8) is 0 Å². The average molecular weight is 318 g/mol. The van der Waals surface area contributed by atoms with Crippen LogP contribution in [0.4, 0.5) is 5.69 Å². The molecular weight excluding hydrogens is 305 g/mol. The first-order valence-electron chi connectivity index (χ1n) is 6.59. The summed E-state index contributed by atoms with van der Waals surface area (Å²) in [6.45, 7) is 3.86. The second kappa shape index (κ2) is 4.97. The van der Waals surface area contributed by atoms with Crippen LogP contribution >= 0.6 is 23.2 Å². The minimum atomic E-state index is -1.66. The molecule has 106 valence electrons. The highest BCUT2D eigenvalue weighted by Crippen LogP contribution is 2.41. The molecule has 0 amide bonds. The summed E-state index contributed by atoms with van der Waals surface area (Å²) in [6, 6.07) is 13.1. The van der Waals surface area contributed by atoms with Gasteiger partial charge in [0.25, 0.3) is 0 Å². The van der Waals surface area contributed by atoms with E-state index in [0.29, 0.717) is 17.0 Å². The number of nitrogens with zero attached hydrogens (tertiary/aromatic N) is 1. The molecule has 0 atom stereocenters. The summed E-state index contributed by atoms with van der Waals surface area (Å²) in [4.78, 5) is 17.3. The van der Waals surface area contributed by atoms with E-state index < -0.39 is 4.33 Å². The van der Waals surface area contributed by atoms with E-state index in [4.69, 9.17) is 23.2 Å². The molecule has 2 nitrogen and oxygen atoms in total. The van der Waals surface area contributed by atoms with Gasteiger partial charge in [-0.15, -0.1) is 0 Å². The number of hydrogen-bond acceptors (Lipinski definition) is 2. The van der Waals surface area contributed by atoms with Crippen LogP contribution in [0, 0.1) is 13.8 Å². The van der Waals surface area contributed by atoms with Crippen molar-refractivity contribution in [2.24, 2.45) is 4.99 Å². The molecule has 1 aliphatic heterocycles. The van der Waals surface area contributed by atoms with Crippen LogP contribution < -0.4 is 0 Å². The zero-order valence-corrected chi connectivity index (χ0v) is 13.2. The Balaban J connectivity index is 2.30. The van der Waals surface area contributed by atoms with E-state index in [0.717, 1.165) is 16.7 Å². The Labute approximate surface area is 133 Å². The molecule has 0 saturated carbocycles. The first-order chi connectivity index (χ1) is 9.91. The fourth-order valence-electron chi connectivity index (χ4n) is 2.58. The lowest BCUT2D eigenvalue weighted by Gasteiger charge is -2.27. The number of alkyl halides is 2. The number of halogens is 2.